The maximum atomic E-state index is 12.2. The number of aromatic nitrogens is 4. The highest BCUT2D eigenvalue weighted by Crippen LogP contribution is 2.24. The molecule has 0 aliphatic rings. The van der Waals surface area contributed by atoms with Gasteiger partial charge in [-0.15, -0.1) is 0 Å². The summed E-state index contributed by atoms with van der Waals surface area (Å²) in [5.41, 5.74) is 3.06. The lowest BCUT2D eigenvalue weighted by Crippen LogP contribution is -2.19. The molecule has 0 fully saturated rings. The van der Waals surface area contributed by atoms with E-state index in [1.807, 2.05) is 18.4 Å². The monoisotopic (exact) mass is 434 g/mol. The van der Waals surface area contributed by atoms with Gasteiger partial charge in [0.25, 0.3) is 0 Å². The molecule has 0 spiro atoms. The molecule has 0 atom stereocenters. The average molecular weight is 435 g/mol. The number of amides is 2. The molecule has 2 aromatic carbocycles. The quantitative estimate of drug-likeness (QED) is 0.440. The largest absolute Gasteiger partial charge is 0.439 e. The minimum atomic E-state index is -0.395. The van der Waals surface area contributed by atoms with Gasteiger partial charge in [-0.25, -0.2) is 19.7 Å². The van der Waals surface area contributed by atoms with Crippen LogP contribution in [0.3, 0.4) is 0 Å². The highest BCUT2D eigenvalue weighted by Gasteiger charge is 2.09. The van der Waals surface area contributed by atoms with Crippen molar-refractivity contribution in [2.45, 2.75) is 13.8 Å². The highest BCUT2D eigenvalue weighted by atomic mass is 35.5. The molecule has 2 aromatic heterocycles. The second-order valence-corrected chi connectivity index (χ2v) is 7.09. The second-order valence-electron chi connectivity index (χ2n) is 6.69. The van der Waals surface area contributed by atoms with E-state index in [9.17, 15) is 4.79 Å². The number of rotatable bonds is 5. The Bertz CT molecular complexity index is 1220. The summed E-state index contributed by atoms with van der Waals surface area (Å²) in [4.78, 5) is 24.9. The molecule has 0 unspecified atom stereocenters. The summed E-state index contributed by atoms with van der Waals surface area (Å²) in [6.45, 7) is 3.91. The van der Waals surface area contributed by atoms with Crippen LogP contribution in [0.1, 0.15) is 11.4 Å². The molecular weight excluding hydrogens is 416 g/mol. The topological polar surface area (TPSA) is 94.0 Å². The number of nitrogens with zero attached hydrogens (tertiary/aromatic N) is 4. The van der Waals surface area contributed by atoms with Crippen molar-refractivity contribution in [1.29, 1.82) is 0 Å². The lowest BCUT2D eigenvalue weighted by Gasteiger charge is -2.10. The zero-order chi connectivity index (χ0) is 21.8. The van der Waals surface area contributed by atoms with E-state index in [4.69, 9.17) is 16.3 Å². The van der Waals surface area contributed by atoms with Crippen LogP contribution in [0, 0.1) is 13.8 Å². The molecule has 8 nitrogen and oxygen atoms in total. The molecule has 0 radical (unpaired) electrons. The number of benzene rings is 2. The van der Waals surface area contributed by atoms with Crippen molar-refractivity contribution in [1.82, 2.24) is 19.5 Å². The summed E-state index contributed by atoms with van der Waals surface area (Å²) in [5.74, 6) is 1.63. The number of ether oxygens (including phenoxy) is 1. The first-order valence-electron chi connectivity index (χ1n) is 9.43. The summed E-state index contributed by atoms with van der Waals surface area (Å²) in [6, 6.07) is 15.3. The third-order valence-corrected chi connectivity index (χ3v) is 4.91. The Balaban J connectivity index is 1.41. The molecule has 0 saturated heterocycles. The van der Waals surface area contributed by atoms with Gasteiger partial charge in [-0.05, 0) is 50.2 Å². The number of imidazole rings is 1. The Morgan fingerprint density at radius 1 is 1.00 bits per heavy atom. The number of carbonyl (C=O) groups is 1. The van der Waals surface area contributed by atoms with Crippen molar-refractivity contribution in [2.75, 3.05) is 10.6 Å². The molecule has 0 saturated carbocycles. The Kier molecular flexibility index (Phi) is 5.81. The van der Waals surface area contributed by atoms with Crippen LogP contribution in [-0.4, -0.2) is 25.6 Å². The zero-order valence-electron chi connectivity index (χ0n) is 16.8. The highest BCUT2D eigenvalue weighted by molar-refractivity contribution is 6.33. The van der Waals surface area contributed by atoms with Crippen molar-refractivity contribution in [3.63, 3.8) is 0 Å². The number of hydrogen-bond acceptors (Lipinski definition) is 5. The van der Waals surface area contributed by atoms with Gasteiger partial charge in [-0.3, -0.25) is 4.57 Å². The Hall–Kier alpha value is -3.91. The summed E-state index contributed by atoms with van der Waals surface area (Å²) < 4.78 is 7.70. The van der Waals surface area contributed by atoms with Crippen molar-refractivity contribution in [2.24, 2.45) is 0 Å². The molecule has 2 N–H and O–H groups in total. The maximum Gasteiger partial charge on any atom is 0.323 e. The average Bonchev–Trinajstić information content (AvgIpc) is 3.10. The molecular formula is C22H19ClN6O2. The first-order chi connectivity index (χ1) is 15.0. The van der Waals surface area contributed by atoms with Crippen molar-refractivity contribution < 1.29 is 9.53 Å². The molecule has 9 heteroatoms. The van der Waals surface area contributed by atoms with Crippen molar-refractivity contribution >= 4 is 29.0 Å². The van der Waals surface area contributed by atoms with Gasteiger partial charge < -0.3 is 15.4 Å². The molecule has 31 heavy (non-hydrogen) atoms. The standard InChI is InChI=1S/C22H19ClN6O2/c1-14-15(2)29(13-26-14)20-11-21(25-12-24-20)31-17-9-7-16(8-10-17)27-22(30)28-19-6-4-3-5-18(19)23/h3-13H,1-2H3,(H2,27,28,30). The first-order valence-corrected chi connectivity index (χ1v) is 9.81. The van der Waals surface area contributed by atoms with E-state index >= 15 is 0 Å². The van der Waals surface area contributed by atoms with Gasteiger partial charge in [-0.2, -0.15) is 0 Å². The van der Waals surface area contributed by atoms with Gasteiger partial charge in [0, 0.05) is 17.4 Å². The summed E-state index contributed by atoms with van der Waals surface area (Å²) in [6.07, 6.45) is 3.15. The SMILES string of the molecule is Cc1ncn(-c2cc(Oc3ccc(NC(=O)Nc4ccccc4Cl)cc3)ncn2)c1C. The molecule has 2 amide bonds. The lowest BCUT2D eigenvalue weighted by atomic mass is 10.3. The van der Waals surface area contributed by atoms with E-state index in [0.717, 1.165) is 11.4 Å². The molecule has 4 rings (SSSR count). The van der Waals surface area contributed by atoms with Crippen molar-refractivity contribution in [3.8, 4) is 17.4 Å². The van der Waals surface area contributed by atoms with Gasteiger partial charge in [0.1, 0.15) is 24.2 Å². The van der Waals surface area contributed by atoms with E-state index in [0.29, 0.717) is 33.8 Å². The Morgan fingerprint density at radius 2 is 1.77 bits per heavy atom. The first kappa shape index (κ1) is 20.4. The minimum absolute atomic E-state index is 0.395. The van der Waals surface area contributed by atoms with E-state index in [1.165, 1.54) is 6.33 Å². The summed E-state index contributed by atoms with van der Waals surface area (Å²) in [7, 11) is 0. The summed E-state index contributed by atoms with van der Waals surface area (Å²) >= 11 is 6.05. The van der Waals surface area contributed by atoms with Gasteiger partial charge in [-0.1, -0.05) is 23.7 Å². The van der Waals surface area contributed by atoms with E-state index in [-0.39, 0.29) is 0 Å². The molecule has 2 heterocycles. The fourth-order valence-electron chi connectivity index (χ4n) is 2.82. The fourth-order valence-corrected chi connectivity index (χ4v) is 3.00. The van der Waals surface area contributed by atoms with Crippen LogP contribution >= 0.6 is 11.6 Å². The number of anilines is 2. The molecule has 0 aliphatic heterocycles. The maximum absolute atomic E-state index is 12.2. The smallest absolute Gasteiger partial charge is 0.323 e. The number of para-hydroxylation sites is 1. The number of carbonyl (C=O) groups excluding carboxylic acids is 1. The van der Waals surface area contributed by atoms with E-state index in [1.54, 1.807) is 60.9 Å². The van der Waals surface area contributed by atoms with Crippen LogP contribution in [0.2, 0.25) is 5.02 Å². The van der Waals surface area contributed by atoms with Crippen LogP contribution in [-0.2, 0) is 0 Å². The van der Waals surface area contributed by atoms with E-state index < -0.39 is 6.03 Å². The van der Waals surface area contributed by atoms with Crippen molar-refractivity contribution in [3.05, 3.63) is 83.7 Å². The predicted octanol–water partition coefficient (Wildman–Crippen LogP) is 5.37. The van der Waals surface area contributed by atoms with Gasteiger partial charge in [0.2, 0.25) is 5.88 Å². The number of nitrogens with one attached hydrogen (secondary N) is 2. The number of urea groups is 1. The molecule has 156 valence electrons. The molecule has 0 bridgehead atoms. The third-order valence-electron chi connectivity index (χ3n) is 4.58. The third kappa shape index (κ3) is 4.81. The van der Waals surface area contributed by atoms with Crippen LogP contribution < -0.4 is 15.4 Å². The normalized spacial score (nSPS) is 10.5. The van der Waals surface area contributed by atoms with Crippen LogP contribution in [0.15, 0.2) is 67.3 Å². The Labute approximate surface area is 183 Å². The molecule has 4 aromatic rings. The van der Waals surface area contributed by atoms with Gasteiger partial charge in [0.05, 0.1) is 16.4 Å². The number of aryl methyl sites for hydroxylation is 1. The van der Waals surface area contributed by atoms with E-state index in [2.05, 4.69) is 25.6 Å². The zero-order valence-corrected chi connectivity index (χ0v) is 17.6. The fraction of sp³-hybridized carbons (Fsp3) is 0.0909. The molecule has 0 aliphatic carbocycles. The lowest BCUT2D eigenvalue weighted by molar-refractivity contribution is 0.262. The van der Waals surface area contributed by atoms with Crippen LogP contribution in [0.4, 0.5) is 16.2 Å². The van der Waals surface area contributed by atoms with Crippen LogP contribution in [0.5, 0.6) is 11.6 Å². The number of halogens is 1. The number of hydrogen-bond donors (Lipinski definition) is 2. The van der Waals surface area contributed by atoms with Crippen LogP contribution in [0.25, 0.3) is 5.82 Å². The minimum Gasteiger partial charge on any atom is -0.439 e. The summed E-state index contributed by atoms with van der Waals surface area (Å²) in [5, 5.41) is 5.92. The Morgan fingerprint density at radius 3 is 2.48 bits per heavy atom. The van der Waals surface area contributed by atoms with Gasteiger partial charge in [0.15, 0.2) is 0 Å². The van der Waals surface area contributed by atoms with Gasteiger partial charge >= 0.3 is 6.03 Å². The predicted molar refractivity (Wildman–Crippen MR) is 119 cm³/mol. The second kappa shape index (κ2) is 8.85.